The van der Waals surface area contributed by atoms with Crippen molar-refractivity contribution in [1.29, 1.82) is 0 Å². The highest BCUT2D eigenvalue weighted by atomic mass is 32.2. The van der Waals surface area contributed by atoms with Gasteiger partial charge in [0, 0.05) is 12.6 Å². The Balaban J connectivity index is 2.58. The molecule has 15 heavy (non-hydrogen) atoms. The number of hydrogen-bond acceptors (Lipinski definition) is 4. The van der Waals surface area contributed by atoms with Gasteiger partial charge < -0.3 is 10.4 Å². The fraction of sp³-hybridized carbons (Fsp3) is 0.875. The molecule has 2 atom stereocenters. The van der Waals surface area contributed by atoms with Gasteiger partial charge in [-0.3, -0.25) is 4.79 Å². The Labute approximate surface area is 89.1 Å². The summed E-state index contributed by atoms with van der Waals surface area (Å²) >= 11 is 0. The Kier molecular flexibility index (Phi) is 4.06. The monoisotopic (exact) mass is 236 g/mol. The van der Waals surface area contributed by atoms with E-state index in [0.29, 0.717) is 6.54 Å². The number of piperidine rings is 1. The summed E-state index contributed by atoms with van der Waals surface area (Å²) in [6, 6.07) is -0.189. The van der Waals surface area contributed by atoms with E-state index in [1.54, 1.807) is 0 Å². The van der Waals surface area contributed by atoms with E-state index in [0.717, 1.165) is 19.4 Å². The molecule has 88 valence electrons. The van der Waals surface area contributed by atoms with Gasteiger partial charge in [-0.05, 0) is 26.3 Å². The third-order valence-electron chi connectivity index (χ3n) is 2.44. The third-order valence-corrected chi connectivity index (χ3v) is 4.24. The van der Waals surface area contributed by atoms with Crippen molar-refractivity contribution < 1.29 is 18.3 Å². The minimum atomic E-state index is -3.75. The second-order valence-electron chi connectivity index (χ2n) is 3.69. The highest BCUT2D eigenvalue weighted by Crippen LogP contribution is 2.06. The Morgan fingerprint density at radius 2 is 2.27 bits per heavy atom. The summed E-state index contributed by atoms with van der Waals surface area (Å²) in [6.45, 7) is 2.61. The van der Waals surface area contributed by atoms with E-state index in [4.69, 9.17) is 5.11 Å². The molecule has 6 nitrogen and oxygen atoms in total. The number of aliphatic carboxylic acids is 1. The van der Waals surface area contributed by atoms with Crippen LogP contribution in [0, 0.1) is 0 Å². The molecule has 3 N–H and O–H groups in total. The molecule has 0 spiro atoms. The van der Waals surface area contributed by atoms with Gasteiger partial charge >= 0.3 is 5.97 Å². The molecule has 0 aromatic carbocycles. The highest BCUT2D eigenvalue weighted by Gasteiger charge is 2.30. The molecule has 0 aliphatic carbocycles. The first kappa shape index (κ1) is 12.4. The van der Waals surface area contributed by atoms with Crippen molar-refractivity contribution in [3.05, 3.63) is 0 Å². The first-order valence-corrected chi connectivity index (χ1v) is 6.43. The fourth-order valence-corrected chi connectivity index (χ4v) is 2.55. The molecule has 0 aromatic heterocycles. The number of carboxylic acids is 1. The van der Waals surface area contributed by atoms with Crippen LogP contribution in [0.15, 0.2) is 0 Å². The molecule has 7 heteroatoms. The summed E-state index contributed by atoms with van der Waals surface area (Å²) in [6.07, 6.45) is 1.65. The Hall–Kier alpha value is -0.660. The topological polar surface area (TPSA) is 95.5 Å². The van der Waals surface area contributed by atoms with Gasteiger partial charge in [-0.1, -0.05) is 0 Å². The molecule has 1 fully saturated rings. The molecule has 0 aromatic rings. The maximum atomic E-state index is 11.5. The number of nitrogens with one attached hydrogen (secondary N) is 2. The number of carboxylic acid groups (broad SMARTS) is 1. The predicted molar refractivity (Wildman–Crippen MR) is 55.0 cm³/mol. The Morgan fingerprint density at radius 1 is 1.60 bits per heavy atom. The standard InChI is InChI=1S/C8H16N2O4S/c1-6(8(11)12)15(13,14)10-7-3-2-4-9-5-7/h6-7,9-10H,2-5H2,1H3,(H,11,12)/t6?,7-/m0/s1. The zero-order valence-electron chi connectivity index (χ0n) is 8.56. The molecular weight excluding hydrogens is 220 g/mol. The number of carbonyl (C=O) groups is 1. The van der Waals surface area contributed by atoms with E-state index in [1.807, 2.05) is 0 Å². The molecule has 1 rings (SSSR count). The lowest BCUT2D eigenvalue weighted by Crippen LogP contribution is -2.49. The number of hydrogen-bond donors (Lipinski definition) is 3. The fourth-order valence-electron chi connectivity index (χ4n) is 1.42. The third kappa shape index (κ3) is 3.44. The summed E-state index contributed by atoms with van der Waals surface area (Å²) in [5.74, 6) is -1.33. The molecule has 1 aliphatic rings. The summed E-state index contributed by atoms with van der Waals surface area (Å²) in [4.78, 5) is 10.6. The minimum absolute atomic E-state index is 0.189. The first-order chi connectivity index (χ1) is 6.93. The average Bonchev–Trinajstić information content (AvgIpc) is 2.17. The van der Waals surface area contributed by atoms with Crippen molar-refractivity contribution in [3.63, 3.8) is 0 Å². The van der Waals surface area contributed by atoms with Crippen LogP contribution < -0.4 is 10.0 Å². The van der Waals surface area contributed by atoms with Crippen molar-refractivity contribution in [2.75, 3.05) is 13.1 Å². The lowest BCUT2D eigenvalue weighted by molar-refractivity contribution is -0.136. The van der Waals surface area contributed by atoms with Crippen LogP contribution in [0.5, 0.6) is 0 Å². The summed E-state index contributed by atoms with van der Waals surface area (Å²) in [7, 11) is -3.75. The van der Waals surface area contributed by atoms with Crippen LogP contribution in [-0.4, -0.2) is 43.9 Å². The van der Waals surface area contributed by atoms with E-state index in [-0.39, 0.29) is 6.04 Å². The van der Waals surface area contributed by atoms with Crippen molar-refractivity contribution in [2.45, 2.75) is 31.1 Å². The first-order valence-electron chi connectivity index (χ1n) is 4.88. The van der Waals surface area contributed by atoms with E-state index < -0.39 is 21.2 Å². The van der Waals surface area contributed by atoms with Crippen molar-refractivity contribution in [1.82, 2.24) is 10.0 Å². The van der Waals surface area contributed by atoms with Crippen LogP contribution in [0.4, 0.5) is 0 Å². The lowest BCUT2D eigenvalue weighted by atomic mass is 10.1. The van der Waals surface area contributed by atoms with Crippen molar-refractivity contribution in [3.8, 4) is 0 Å². The number of sulfonamides is 1. The van der Waals surface area contributed by atoms with Crippen LogP contribution in [0.25, 0.3) is 0 Å². The molecule has 1 heterocycles. The zero-order valence-corrected chi connectivity index (χ0v) is 9.38. The van der Waals surface area contributed by atoms with Gasteiger partial charge in [0.15, 0.2) is 5.25 Å². The zero-order chi connectivity index (χ0) is 11.5. The van der Waals surface area contributed by atoms with E-state index in [2.05, 4.69) is 10.0 Å². The van der Waals surface area contributed by atoms with Gasteiger partial charge in [0.1, 0.15) is 0 Å². The van der Waals surface area contributed by atoms with Crippen LogP contribution in [0.2, 0.25) is 0 Å². The second-order valence-corrected chi connectivity index (χ2v) is 5.72. The number of rotatable bonds is 4. The molecule has 1 saturated heterocycles. The molecule has 0 radical (unpaired) electrons. The average molecular weight is 236 g/mol. The molecule has 1 unspecified atom stereocenters. The molecule has 0 bridgehead atoms. The van der Waals surface area contributed by atoms with Crippen molar-refractivity contribution in [2.24, 2.45) is 0 Å². The normalized spacial score (nSPS) is 24.7. The van der Waals surface area contributed by atoms with E-state index in [1.165, 1.54) is 6.92 Å². The Bertz CT molecular complexity index is 322. The Morgan fingerprint density at radius 3 is 2.73 bits per heavy atom. The predicted octanol–water partition coefficient (Wildman–Crippen LogP) is -0.869. The lowest BCUT2D eigenvalue weighted by Gasteiger charge is -2.24. The van der Waals surface area contributed by atoms with Gasteiger partial charge in [0.25, 0.3) is 0 Å². The SMILES string of the molecule is CC(C(=O)O)S(=O)(=O)N[C@H]1CCCNC1. The second kappa shape index (κ2) is 4.91. The maximum absolute atomic E-state index is 11.5. The van der Waals surface area contributed by atoms with Gasteiger partial charge in [0.05, 0.1) is 0 Å². The molecule has 0 saturated carbocycles. The largest absolute Gasteiger partial charge is 0.480 e. The van der Waals surface area contributed by atoms with Crippen LogP contribution >= 0.6 is 0 Å². The van der Waals surface area contributed by atoms with Gasteiger partial charge in [-0.2, -0.15) is 0 Å². The minimum Gasteiger partial charge on any atom is -0.480 e. The summed E-state index contributed by atoms with van der Waals surface area (Å²) in [5, 5.41) is 10.3. The molecule has 0 amide bonds. The quantitative estimate of drug-likeness (QED) is 0.590. The van der Waals surface area contributed by atoms with Crippen LogP contribution in [0.3, 0.4) is 0 Å². The maximum Gasteiger partial charge on any atom is 0.323 e. The van der Waals surface area contributed by atoms with Crippen LogP contribution in [-0.2, 0) is 14.8 Å². The van der Waals surface area contributed by atoms with Crippen LogP contribution in [0.1, 0.15) is 19.8 Å². The highest BCUT2D eigenvalue weighted by molar-refractivity contribution is 7.90. The smallest absolute Gasteiger partial charge is 0.323 e. The molecular formula is C8H16N2O4S. The van der Waals surface area contributed by atoms with Crippen molar-refractivity contribution >= 4 is 16.0 Å². The van der Waals surface area contributed by atoms with E-state index >= 15 is 0 Å². The molecule has 1 aliphatic heterocycles. The van der Waals surface area contributed by atoms with Gasteiger partial charge in [-0.15, -0.1) is 0 Å². The van der Waals surface area contributed by atoms with Gasteiger partial charge in [-0.25, -0.2) is 13.1 Å². The summed E-state index contributed by atoms with van der Waals surface area (Å²) in [5.41, 5.74) is 0. The van der Waals surface area contributed by atoms with E-state index in [9.17, 15) is 13.2 Å². The summed E-state index contributed by atoms with van der Waals surface area (Å²) < 4.78 is 25.4. The van der Waals surface area contributed by atoms with Gasteiger partial charge in [0.2, 0.25) is 10.0 Å².